The van der Waals surface area contributed by atoms with Gasteiger partial charge in [-0.1, -0.05) is 19.3 Å². The highest BCUT2D eigenvalue weighted by molar-refractivity contribution is 7.89. The topological polar surface area (TPSA) is 86.8 Å². The number of hydrogen-bond donors (Lipinski definition) is 1. The van der Waals surface area contributed by atoms with Crippen LogP contribution in [0.3, 0.4) is 0 Å². The van der Waals surface area contributed by atoms with E-state index in [1.807, 2.05) is 4.90 Å². The summed E-state index contributed by atoms with van der Waals surface area (Å²) in [5.41, 5.74) is 0.555. The lowest BCUT2D eigenvalue weighted by Crippen LogP contribution is -2.38. The summed E-state index contributed by atoms with van der Waals surface area (Å²) >= 11 is 0. The van der Waals surface area contributed by atoms with Crippen molar-refractivity contribution >= 4 is 27.5 Å². The Morgan fingerprint density at radius 2 is 1.62 bits per heavy atom. The quantitative estimate of drug-likeness (QED) is 0.795. The molecular formula is C21H29N3O4S. The van der Waals surface area contributed by atoms with Crippen LogP contribution in [-0.2, 0) is 19.6 Å². The first kappa shape index (κ1) is 20.3. The minimum Gasteiger partial charge on any atom is -0.339 e. The fourth-order valence-corrected chi connectivity index (χ4v) is 6.20. The molecule has 1 aromatic rings. The number of sulfonamides is 1. The van der Waals surface area contributed by atoms with E-state index in [1.165, 1.54) is 22.9 Å². The lowest BCUT2D eigenvalue weighted by molar-refractivity contribution is -0.130. The SMILES string of the molecule is O=C(Nc1ccc(S(=O)(=O)N2CCCC2)cc1)C1CC(=O)N(C2CCCCC2)C1. The van der Waals surface area contributed by atoms with Crippen LogP contribution in [0.15, 0.2) is 29.2 Å². The predicted octanol–water partition coefficient (Wildman–Crippen LogP) is 2.59. The van der Waals surface area contributed by atoms with Crippen LogP contribution >= 0.6 is 0 Å². The van der Waals surface area contributed by atoms with Gasteiger partial charge < -0.3 is 10.2 Å². The molecule has 158 valence electrons. The molecule has 4 rings (SSSR count). The molecule has 1 unspecified atom stereocenters. The molecule has 1 saturated carbocycles. The summed E-state index contributed by atoms with van der Waals surface area (Å²) in [7, 11) is -3.46. The number of rotatable bonds is 5. The molecule has 0 radical (unpaired) electrons. The lowest BCUT2D eigenvalue weighted by atomic mass is 9.94. The molecule has 29 heavy (non-hydrogen) atoms. The number of nitrogens with zero attached hydrogens (tertiary/aromatic N) is 2. The summed E-state index contributed by atoms with van der Waals surface area (Å²) in [4.78, 5) is 27.2. The third-order valence-corrected chi connectivity index (χ3v) is 8.28. The minimum absolute atomic E-state index is 0.0732. The molecule has 0 aromatic heterocycles. The summed E-state index contributed by atoms with van der Waals surface area (Å²) < 4.78 is 26.7. The van der Waals surface area contributed by atoms with Gasteiger partial charge in [0.1, 0.15) is 0 Å². The lowest BCUT2D eigenvalue weighted by Gasteiger charge is -2.31. The van der Waals surface area contributed by atoms with Gasteiger partial charge in [0.05, 0.1) is 10.8 Å². The fraction of sp³-hybridized carbons (Fsp3) is 0.619. The summed E-state index contributed by atoms with van der Waals surface area (Å²) in [5, 5.41) is 2.85. The van der Waals surface area contributed by atoms with Gasteiger partial charge in [-0.05, 0) is 49.9 Å². The van der Waals surface area contributed by atoms with Crippen LogP contribution in [0.5, 0.6) is 0 Å². The fourth-order valence-electron chi connectivity index (χ4n) is 4.68. The predicted molar refractivity (Wildman–Crippen MR) is 110 cm³/mol. The van der Waals surface area contributed by atoms with Gasteiger partial charge in [-0.15, -0.1) is 0 Å². The van der Waals surface area contributed by atoms with Crippen molar-refractivity contribution in [3.8, 4) is 0 Å². The number of likely N-dealkylation sites (tertiary alicyclic amines) is 1. The van der Waals surface area contributed by atoms with E-state index in [1.54, 1.807) is 12.1 Å². The maximum Gasteiger partial charge on any atom is 0.243 e. The van der Waals surface area contributed by atoms with Crippen molar-refractivity contribution in [3.05, 3.63) is 24.3 Å². The summed E-state index contributed by atoms with van der Waals surface area (Å²) in [5.74, 6) is -0.451. The van der Waals surface area contributed by atoms with Crippen LogP contribution in [0.25, 0.3) is 0 Å². The van der Waals surface area contributed by atoms with E-state index in [0.717, 1.165) is 38.5 Å². The Balaban J connectivity index is 1.37. The second-order valence-corrected chi connectivity index (χ2v) is 10.3. The number of anilines is 1. The molecule has 2 aliphatic heterocycles. The molecular weight excluding hydrogens is 390 g/mol. The van der Waals surface area contributed by atoms with Crippen LogP contribution < -0.4 is 5.32 Å². The first-order valence-electron chi connectivity index (χ1n) is 10.7. The Labute approximate surface area is 172 Å². The number of amides is 2. The summed E-state index contributed by atoms with van der Waals surface area (Å²) in [6.45, 7) is 1.61. The normalized spacial score (nSPS) is 24.2. The second kappa shape index (κ2) is 8.44. The monoisotopic (exact) mass is 419 g/mol. The first-order valence-corrected chi connectivity index (χ1v) is 12.1. The van der Waals surface area contributed by atoms with Gasteiger partial charge in [-0.2, -0.15) is 4.31 Å². The molecule has 0 bridgehead atoms. The molecule has 2 saturated heterocycles. The maximum absolute atomic E-state index is 12.7. The second-order valence-electron chi connectivity index (χ2n) is 8.36. The van der Waals surface area contributed by atoms with Crippen molar-refractivity contribution in [2.24, 2.45) is 5.92 Å². The average molecular weight is 420 g/mol. The van der Waals surface area contributed by atoms with Gasteiger partial charge in [0, 0.05) is 37.8 Å². The smallest absolute Gasteiger partial charge is 0.243 e. The highest BCUT2D eigenvalue weighted by Crippen LogP contribution is 2.29. The zero-order valence-corrected chi connectivity index (χ0v) is 17.5. The van der Waals surface area contributed by atoms with Gasteiger partial charge in [0.15, 0.2) is 0 Å². The Bertz CT molecular complexity index is 856. The van der Waals surface area contributed by atoms with E-state index in [4.69, 9.17) is 0 Å². The van der Waals surface area contributed by atoms with E-state index >= 15 is 0 Å². The molecule has 3 fully saturated rings. The number of benzene rings is 1. The molecule has 0 spiro atoms. The van der Waals surface area contributed by atoms with Gasteiger partial charge in [0.25, 0.3) is 0 Å². The summed E-state index contributed by atoms with van der Waals surface area (Å²) in [6, 6.07) is 6.60. The Morgan fingerprint density at radius 3 is 2.28 bits per heavy atom. The summed E-state index contributed by atoms with van der Waals surface area (Å²) in [6.07, 6.45) is 7.64. The minimum atomic E-state index is -3.46. The van der Waals surface area contributed by atoms with Crippen molar-refractivity contribution < 1.29 is 18.0 Å². The number of nitrogens with one attached hydrogen (secondary N) is 1. The van der Waals surface area contributed by atoms with Crippen LogP contribution in [-0.4, -0.2) is 55.1 Å². The Hall–Kier alpha value is -1.93. The van der Waals surface area contributed by atoms with Crippen molar-refractivity contribution in [3.63, 3.8) is 0 Å². The highest BCUT2D eigenvalue weighted by atomic mass is 32.2. The molecule has 7 nitrogen and oxygen atoms in total. The molecule has 1 aliphatic carbocycles. The zero-order chi connectivity index (χ0) is 20.4. The van der Waals surface area contributed by atoms with E-state index in [2.05, 4.69) is 5.32 Å². The number of carbonyl (C=O) groups excluding carboxylic acids is 2. The van der Waals surface area contributed by atoms with E-state index in [9.17, 15) is 18.0 Å². The molecule has 8 heteroatoms. The van der Waals surface area contributed by atoms with Crippen molar-refractivity contribution in [2.75, 3.05) is 25.0 Å². The van der Waals surface area contributed by atoms with Crippen molar-refractivity contribution in [1.82, 2.24) is 9.21 Å². The third kappa shape index (κ3) is 4.33. The van der Waals surface area contributed by atoms with Gasteiger partial charge >= 0.3 is 0 Å². The van der Waals surface area contributed by atoms with E-state index < -0.39 is 10.0 Å². The third-order valence-electron chi connectivity index (χ3n) is 6.37. The van der Waals surface area contributed by atoms with E-state index in [-0.39, 0.29) is 35.1 Å². The Kier molecular flexibility index (Phi) is 5.92. The van der Waals surface area contributed by atoms with Crippen molar-refractivity contribution in [2.45, 2.75) is 62.3 Å². The standard InChI is InChI=1S/C21H29N3O4S/c25-20-14-16(15-24(20)18-6-2-1-3-7-18)21(26)22-17-8-10-19(11-9-17)29(27,28)23-12-4-5-13-23/h8-11,16,18H,1-7,12-15H2,(H,22,26). The van der Waals surface area contributed by atoms with Crippen LogP contribution in [0, 0.1) is 5.92 Å². The highest BCUT2D eigenvalue weighted by Gasteiger charge is 2.38. The van der Waals surface area contributed by atoms with Crippen LogP contribution in [0.2, 0.25) is 0 Å². The molecule has 1 N–H and O–H groups in total. The molecule has 2 amide bonds. The van der Waals surface area contributed by atoms with Gasteiger partial charge in [-0.3, -0.25) is 9.59 Å². The number of hydrogen-bond acceptors (Lipinski definition) is 4. The Morgan fingerprint density at radius 1 is 0.966 bits per heavy atom. The van der Waals surface area contributed by atoms with Gasteiger partial charge in [-0.25, -0.2) is 8.42 Å². The molecule has 1 atom stereocenters. The molecule has 1 aromatic carbocycles. The van der Waals surface area contributed by atoms with Crippen LogP contribution in [0.1, 0.15) is 51.4 Å². The average Bonchev–Trinajstić information content (AvgIpc) is 3.39. The maximum atomic E-state index is 12.7. The largest absolute Gasteiger partial charge is 0.339 e. The van der Waals surface area contributed by atoms with Crippen LogP contribution in [0.4, 0.5) is 5.69 Å². The first-order chi connectivity index (χ1) is 13.9. The van der Waals surface area contributed by atoms with Gasteiger partial charge in [0.2, 0.25) is 21.8 Å². The number of carbonyl (C=O) groups is 2. The van der Waals surface area contributed by atoms with E-state index in [0.29, 0.717) is 25.3 Å². The van der Waals surface area contributed by atoms with Crippen molar-refractivity contribution in [1.29, 1.82) is 0 Å². The zero-order valence-electron chi connectivity index (χ0n) is 16.7. The molecule has 2 heterocycles. The molecule has 3 aliphatic rings.